The summed E-state index contributed by atoms with van der Waals surface area (Å²) in [5, 5.41) is 3.74. The van der Waals surface area contributed by atoms with Crippen LogP contribution in [0.5, 0.6) is 0 Å². The first kappa shape index (κ1) is 11.6. The molecule has 0 atom stereocenters. The van der Waals surface area contributed by atoms with E-state index in [1.54, 1.807) is 13.0 Å². The highest BCUT2D eigenvalue weighted by molar-refractivity contribution is 5.79. The van der Waals surface area contributed by atoms with Gasteiger partial charge in [-0.2, -0.15) is 0 Å². The summed E-state index contributed by atoms with van der Waals surface area (Å²) >= 11 is 0. The van der Waals surface area contributed by atoms with Crippen molar-refractivity contribution in [2.24, 2.45) is 0 Å². The SMILES string of the molecule is Cc1cc(Cn2c(N)nc3c(F)cc(F)cc32)on1. The Morgan fingerprint density at radius 3 is 2.79 bits per heavy atom. The van der Waals surface area contributed by atoms with E-state index in [2.05, 4.69) is 10.1 Å². The Kier molecular flexibility index (Phi) is 2.48. The molecule has 2 N–H and O–H groups in total. The number of nitrogens with two attached hydrogens (primary N) is 1. The minimum atomic E-state index is -0.741. The maximum atomic E-state index is 13.6. The van der Waals surface area contributed by atoms with Crippen molar-refractivity contribution in [3.05, 3.63) is 41.3 Å². The minimum absolute atomic E-state index is 0.0372. The third-order valence-corrected chi connectivity index (χ3v) is 2.79. The van der Waals surface area contributed by atoms with Crippen molar-refractivity contribution in [2.75, 3.05) is 5.73 Å². The summed E-state index contributed by atoms with van der Waals surface area (Å²) in [7, 11) is 0. The zero-order valence-electron chi connectivity index (χ0n) is 10.0. The summed E-state index contributed by atoms with van der Waals surface area (Å²) in [6.45, 7) is 1.99. The molecule has 7 heteroatoms. The van der Waals surface area contributed by atoms with Crippen molar-refractivity contribution < 1.29 is 13.3 Å². The quantitative estimate of drug-likeness (QED) is 0.770. The molecule has 0 aliphatic carbocycles. The van der Waals surface area contributed by atoms with Crippen molar-refractivity contribution >= 4 is 17.0 Å². The standard InChI is InChI=1S/C12H10F2N4O/c1-6-2-8(19-17-6)5-18-10-4-7(13)3-9(14)11(10)16-12(18)15/h2-4H,5H2,1H3,(H2,15,16). The monoisotopic (exact) mass is 264 g/mol. The third kappa shape index (κ3) is 1.92. The fraction of sp³-hybridized carbons (Fsp3) is 0.167. The lowest BCUT2D eigenvalue weighted by Gasteiger charge is -2.03. The molecule has 0 radical (unpaired) electrons. The van der Waals surface area contributed by atoms with Crippen LogP contribution in [0.2, 0.25) is 0 Å². The highest BCUT2D eigenvalue weighted by Gasteiger charge is 2.15. The molecule has 0 saturated carbocycles. The van der Waals surface area contributed by atoms with Gasteiger partial charge >= 0.3 is 0 Å². The van der Waals surface area contributed by atoms with Crippen LogP contribution in [-0.2, 0) is 6.54 Å². The molecular weight excluding hydrogens is 254 g/mol. The Labute approximate surface area is 106 Å². The van der Waals surface area contributed by atoms with Crippen molar-refractivity contribution in [2.45, 2.75) is 13.5 Å². The number of aromatic nitrogens is 3. The first-order valence-electron chi connectivity index (χ1n) is 5.57. The molecule has 2 heterocycles. The first-order valence-corrected chi connectivity index (χ1v) is 5.57. The smallest absolute Gasteiger partial charge is 0.201 e. The van der Waals surface area contributed by atoms with Gasteiger partial charge in [0.05, 0.1) is 17.8 Å². The largest absolute Gasteiger partial charge is 0.369 e. The second-order valence-corrected chi connectivity index (χ2v) is 4.25. The number of halogens is 2. The van der Waals surface area contributed by atoms with Gasteiger partial charge in [-0.15, -0.1) is 0 Å². The molecule has 0 aliphatic rings. The Morgan fingerprint density at radius 2 is 2.11 bits per heavy atom. The lowest BCUT2D eigenvalue weighted by molar-refractivity contribution is 0.374. The number of fused-ring (bicyclic) bond motifs is 1. The number of anilines is 1. The summed E-state index contributed by atoms with van der Waals surface area (Å²) in [6.07, 6.45) is 0. The van der Waals surface area contributed by atoms with Crippen LogP contribution < -0.4 is 5.73 Å². The van der Waals surface area contributed by atoms with Gasteiger partial charge in [-0.05, 0) is 6.92 Å². The Morgan fingerprint density at radius 1 is 1.32 bits per heavy atom. The molecule has 0 unspecified atom stereocenters. The van der Waals surface area contributed by atoms with Crippen LogP contribution in [0.3, 0.4) is 0 Å². The number of hydrogen-bond donors (Lipinski definition) is 1. The van der Waals surface area contributed by atoms with Crippen molar-refractivity contribution in [1.29, 1.82) is 0 Å². The van der Waals surface area contributed by atoms with Gasteiger partial charge in [-0.1, -0.05) is 5.16 Å². The van der Waals surface area contributed by atoms with Crippen LogP contribution in [0.4, 0.5) is 14.7 Å². The predicted octanol–water partition coefficient (Wildman–Crippen LogP) is 2.24. The molecule has 19 heavy (non-hydrogen) atoms. The maximum Gasteiger partial charge on any atom is 0.201 e. The summed E-state index contributed by atoms with van der Waals surface area (Å²) < 4.78 is 33.4. The van der Waals surface area contributed by atoms with Crippen molar-refractivity contribution in [3.8, 4) is 0 Å². The molecule has 98 valence electrons. The second-order valence-electron chi connectivity index (χ2n) is 4.25. The fourth-order valence-electron chi connectivity index (χ4n) is 1.98. The van der Waals surface area contributed by atoms with Gasteiger partial charge in [0.2, 0.25) is 5.95 Å². The summed E-state index contributed by atoms with van der Waals surface area (Å²) in [5.74, 6) is -0.796. The summed E-state index contributed by atoms with van der Waals surface area (Å²) in [6, 6.07) is 3.68. The lowest BCUT2D eigenvalue weighted by atomic mass is 10.3. The van der Waals surface area contributed by atoms with Crippen LogP contribution in [0, 0.1) is 18.6 Å². The normalized spacial score (nSPS) is 11.3. The molecule has 0 aliphatic heterocycles. The Balaban J connectivity index is 2.15. The summed E-state index contributed by atoms with van der Waals surface area (Å²) in [4.78, 5) is 3.89. The van der Waals surface area contributed by atoms with Crippen LogP contribution in [0.25, 0.3) is 11.0 Å². The molecule has 5 nitrogen and oxygen atoms in total. The second kappa shape index (κ2) is 4.04. The average molecular weight is 264 g/mol. The van der Waals surface area contributed by atoms with Crippen LogP contribution in [0.1, 0.15) is 11.5 Å². The number of benzene rings is 1. The van der Waals surface area contributed by atoms with Crippen LogP contribution in [0.15, 0.2) is 22.7 Å². The topological polar surface area (TPSA) is 69.9 Å². The van der Waals surface area contributed by atoms with Gasteiger partial charge in [-0.25, -0.2) is 13.8 Å². The molecule has 3 aromatic rings. The third-order valence-electron chi connectivity index (χ3n) is 2.79. The molecule has 3 rings (SSSR count). The molecule has 0 bridgehead atoms. The highest BCUT2D eigenvalue weighted by Crippen LogP contribution is 2.23. The van der Waals surface area contributed by atoms with Crippen LogP contribution >= 0.6 is 0 Å². The number of nitrogens with zero attached hydrogens (tertiary/aromatic N) is 3. The van der Waals surface area contributed by atoms with Gasteiger partial charge in [0.1, 0.15) is 11.3 Å². The van der Waals surface area contributed by atoms with Crippen molar-refractivity contribution in [3.63, 3.8) is 0 Å². The average Bonchev–Trinajstić information content (AvgIpc) is 2.87. The minimum Gasteiger partial charge on any atom is -0.369 e. The molecule has 0 spiro atoms. The van der Waals surface area contributed by atoms with E-state index >= 15 is 0 Å². The number of hydrogen-bond acceptors (Lipinski definition) is 4. The predicted molar refractivity (Wildman–Crippen MR) is 64.4 cm³/mol. The van der Waals surface area contributed by atoms with E-state index in [4.69, 9.17) is 10.3 Å². The first-order chi connectivity index (χ1) is 9.04. The highest BCUT2D eigenvalue weighted by atomic mass is 19.1. The van der Waals surface area contributed by atoms with Crippen LogP contribution in [-0.4, -0.2) is 14.7 Å². The van der Waals surface area contributed by atoms with Gasteiger partial charge in [0.15, 0.2) is 11.6 Å². The zero-order valence-corrected chi connectivity index (χ0v) is 10.0. The van der Waals surface area contributed by atoms with E-state index in [1.807, 2.05) is 0 Å². The van der Waals surface area contributed by atoms with Gasteiger partial charge in [0.25, 0.3) is 0 Å². The Hall–Kier alpha value is -2.44. The zero-order chi connectivity index (χ0) is 13.6. The van der Waals surface area contributed by atoms with Gasteiger partial charge < -0.3 is 14.8 Å². The lowest BCUT2D eigenvalue weighted by Crippen LogP contribution is -2.04. The Bertz CT molecular complexity index is 763. The molecule has 2 aromatic heterocycles. The van der Waals surface area contributed by atoms with E-state index in [0.29, 0.717) is 5.76 Å². The van der Waals surface area contributed by atoms with Crippen molar-refractivity contribution in [1.82, 2.24) is 14.7 Å². The number of aryl methyl sites for hydroxylation is 1. The number of rotatable bonds is 2. The van der Waals surface area contributed by atoms with E-state index in [1.165, 1.54) is 10.6 Å². The van der Waals surface area contributed by atoms with E-state index in [-0.39, 0.29) is 23.5 Å². The van der Waals surface area contributed by atoms with Gasteiger partial charge in [-0.3, -0.25) is 0 Å². The van der Waals surface area contributed by atoms with E-state index < -0.39 is 11.6 Å². The molecule has 0 saturated heterocycles. The summed E-state index contributed by atoms with van der Waals surface area (Å²) in [5.41, 5.74) is 6.76. The molecular formula is C12H10F2N4O. The number of nitrogen functional groups attached to an aromatic ring is 1. The number of imidazole rings is 1. The molecule has 0 amide bonds. The molecule has 1 aromatic carbocycles. The van der Waals surface area contributed by atoms with E-state index in [9.17, 15) is 8.78 Å². The maximum absolute atomic E-state index is 13.6. The fourth-order valence-corrected chi connectivity index (χ4v) is 1.98. The molecule has 0 fully saturated rings. The van der Waals surface area contributed by atoms with E-state index in [0.717, 1.165) is 11.8 Å². The van der Waals surface area contributed by atoms with Gasteiger partial charge in [0, 0.05) is 18.2 Å².